The fourth-order valence-corrected chi connectivity index (χ4v) is 1.49. The molecule has 1 amide bonds. The van der Waals surface area contributed by atoms with E-state index in [0.717, 1.165) is 12.1 Å². The molecule has 1 N–H and O–H groups in total. The smallest absolute Gasteiger partial charge is 0.207 e. The predicted octanol–water partition coefficient (Wildman–Crippen LogP) is 1.14. The standard InChI is InChI=1S/C9H7F2NO2/c10-5-1-6(11)9-7(12-4-13)3-14-8(9)2-5/h1-2,4,7H,3H2,(H,12,13). The van der Waals surface area contributed by atoms with Gasteiger partial charge in [0.15, 0.2) is 0 Å². The van der Waals surface area contributed by atoms with Crippen LogP contribution < -0.4 is 10.1 Å². The van der Waals surface area contributed by atoms with Crippen molar-refractivity contribution in [3.8, 4) is 5.75 Å². The number of carbonyl (C=O) groups excluding carboxylic acids is 1. The topological polar surface area (TPSA) is 38.3 Å². The summed E-state index contributed by atoms with van der Waals surface area (Å²) in [5.41, 5.74) is 0.207. The molecule has 14 heavy (non-hydrogen) atoms. The van der Waals surface area contributed by atoms with Gasteiger partial charge in [-0.3, -0.25) is 4.79 Å². The third-order valence-corrected chi connectivity index (χ3v) is 2.08. The Morgan fingerprint density at radius 2 is 2.29 bits per heavy atom. The molecular formula is C9H7F2NO2. The Hall–Kier alpha value is -1.65. The van der Waals surface area contributed by atoms with E-state index in [1.165, 1.54) is 0 Å². The van der Waals surface area contributed by atoms with Crippen molar-refractivity contribution in [2.45, 2.75) is 6.04 Å². The quantitative estimate of drug-likeness (QED) is 0.725. The molecule has 2 rings (SSSR count). The highest BCUT2D eigenvalue weighted by Gasteiger charge is 2.28. The van der Waals surface area contributed by atoms with Crippen LogP contribution in [0.4, 0.5) is 8.78 Å². The molecule has 0 fully saturated rings. The molecule has 74 valence electrons. The Morgan fingerprint density at radius 3 is 3.00 bits per heavy atom. The molecule has 0 aromatic heterocycles. The summed E-state index contributed by atoms with van der Waals surface area (Å²) in [4.78, 5) is 10.2. The van der Waals surface area contributed by atoms with Gasteiger partial charge in [-0.1, -0.05) is 0 Å². The van der Waals surface area contributed by atoms with Crippen molar-refractivity contribution in [1.82, 2.24) is 5.32 Å². The summed E-state index contributed by atoms with van der Waals surface area (Å²) in [6.07, 6.45) is 0.464. The molecule has 0 saturated heterocycles. The molecule has 1 atom stereocenters. The molecule has 0 aliphatic carbocycles. The Labute approximate surface area is 78.7 Å². The van der Waals surface area contributed by atoms with Crippen LogP contribution in [-0.4, -0.2) is 13.0 Å². The fraction of sp³-hybridized carbons (Fsp3) is 0.222. The van der Waals surface area contributed by atoms with Gasteiger partial charge >= 0.3 is 0 Å². The lowest BCUT2D eigenvalue weighted by atomic mass is 10.1. The van der Waals surface area contributed by atoms with Crippen molar-refractivity contribution in [3.05, 3.63) is 29.3 Å². The van der Waals surface area contributed by atoms with Crippen molar-refractivity contribution in [2.75, 3.05) is 6.61 Å². The molecule has 0 radical (unpaired) electrons. The maximum Gasteiger partial charge on any atom is 0.207 e. The van der Waals surface area contributed by atoms with Crippen molar-refractivity contribution in [1.29, 1.82) is 0 Å². The summed E-state index contributed by atoms with van der Waals surface area (Å²) >= 11 is 0. The van der Waals surface area contributed by atoms with Gasteiger partial charge < -0.3 is 10.1 Å². The molecule has 0 spiro atoms. The molecule has 1 aromatic carbocycles. The number of carbonyl (C=O) groups is 1. The number of hydrogen-bond donors (Lipinski definition) is 1. The molecule has 0 saturated carbocycles. The second-order valence-corrected chi connectivity index (χ2v) is 2.95. The predicted molar refractivity (Wildman–Crippen MR) is 43.8 cm³/mol. The minimum Gasteiger partial charge on any atom is -0.490 e. The van der Waals surface area contributed by atoms with Gasteiger partial charge in [-0.05, 0) is 0 Å². The van der Waals surface area contributed by atoms with Gasteiger partial charge in [0.05, 0.1) is 11.6 Å². The van der Waals surface area contributed by atoms with Gasteiger partial charge in [-0.2, -0.15) is 0 Å². The monoisotopic (exact) mass is 199 g/mol. The van der Waals surface area contributed by atoms with E-state index in [1.54, 1.807) is 0 Å². The maximum absolute atomic E-state index is 13.2. The van der Waals surface area contributed by atoms with Gasteiger partial charge in [0.2, 0.25) is 6.41 Å². The van der Waals surface area contributed by atoms with Gasteiger partial charge in [0.25, 0.3) is 0 Å². The van der Waals surface area contributed by atoms with E-state index in [-0.39, 0.29) is 17.9 Å². The number of ether oxygens (including phenoxy) is 1. The number of amides is 1. The largest absolute Gasteiger partial charge is 0.490 e. The lowest BCUT2D eigenvalue weighted by Crippen LogP contribution is -2.21. The zero-order valence-electron chi connectivity index (χ0n) is 7.09. The molecule has 1 heterocycles. The van der Waals surface area contributed by atoms with Crippen molar-refractivity contribution >= 4 is 6.41 Å². The summed E-state index contributed by atoms with van der Waals surface area (Å²) in [5.74, 6) is -1.23. The van der Waals surface area contributed by atoms with E-state index in [0.29, 0.717) is 6.41 Å². The van der Waals surface area contributed by atoms with Crippen molar-refractivity contribution in [3.63, 3.8) is 0 Å². The summed E-state index contributed by atoms with van der Waals surface area (Å²) in [6.45, 7) is 0.133. The average Bonchev–Trinajstić information content (AvgIpc) is 2.49. The summed E-state index contributed by atoms with van der Waals surface area (Å²) < 4.78 is 31.0. The van der Waals surface area contributed by atoms with Gasteiger partial charge in [-0.15, -0.1) is 0 Å². The van der Waals surface area contributed by atoms with Crippen LogP contribution in [0.15, 0.2) is 12.1 Å². The number of benzene rings is 1. The van der Waals surface area contributed by atoms with Crippen LogP contribution in [0.25, 0.3) is 0 Å². The van der Waals surface area contributed by atoms with Crippen molar-refractivity contribution in [2.24, 2.45) is 0 Å². The van der Waals surface area contributed by atoms with E-state index < -0.39 is 17.7 Å². The van der Waals surface area contributed by atoms with Gasteiger partial charge in [0, 0.05) is 12.1 Å². The fourth-order valence-electron chi connectivity index (χ4n) is 1.49. The van der Waals surface area contributed by atoms with Crippen LogP contribution >= 0.6 is 0 Å². The number of halogens is 2. The third kappa shape index (κ3) is 1.30. The molecule has 0 bridgehead atoms. The first kappa shape index (κ1) is 8.93. The second-order valence-electron chi connectivity index (χ2n) is 2.95. The van der Waals surface area contributed by atoms with Gasteiger partial charge in [-0.25, -0.2) is 8.78 Å². The highest BCUT2D eigenvalue weighted by atomic mass is 19.1. The first-order chi connectivity index (χ1) is 6.72. The van der Waals surface area contributed by atoms with E-state index in [1.807, 2.05) is 0 Å². The van der Waals surface area contributed by atoms with Crippen LogP contribution in [0, 0.1) is 11.6 Å². The van der Waals surface area contributed by atoms with Gasteiger partial charge in [0.1, 0.15) is 24.0 Å². The maximum atomic E-state index is 13.2. The van der Waals surface area contributed by atoms with Crippen LogP contribution in [0.5, 0.6) is 5.75 Å². The highest BCUT2D eigenvalue weighted by molar-refractivity contribution is 5.51. The molecule has 1 aromatic rings. The normalized spacial score (nSPS) is 18.6. The zero-order valence-corrected chi connectivity index (χ0v) is 7.09. The molecule has 1 aliphatic heterocycles. The molecular weight excluding hydrogens is 192 g/mol. The van der Waals surface area contributed by atoms with E-state index in [9.17, 15) is 13.6 Å². The van der Waals surface area contributed by atoms with E-state index >= 15 is 0 Å². The summed E-state index contributed by atoms with van der Waals surface area (Å²) in [7, 11) is 0. The SMILES string of the molecule is O=CNC1COc2cc(F)cc(F)c21. The average molecular weight is 199 g/mol. The van der Waals surface area contributed by atoms with E-state index in [2.05, 4.69) is 5.32 Å². The van der Waals surface area contributed by atoms with E-state index in [4.69, 9.17) is 4.74 Å². The van der Waals surface area contributed by atoms with Crippen LogP contribution in [0.2, 0.25) is 0 Å². The third-order valence-electron chi connectivity index (χ3n) is 2.08. The number of hydrogen-bond acceptors (Lipinski definition) is 2. The molecule has 1 aliphatic rings. The minimum absolute atomic E-state index is 0.133. The summed E-state index contributed by atoms with van der Waals surface area (Å²) in [5, 5.41) is 2.39. The first-order valence-corrected chi connectivity index (χ1v) is 4.04. The Kier molecular flexibility index (Phi) is 2.07. The zero-order chi connectivity index (χ0) is 10.1. The Bertz CT molecular complexity index is 381. The minimum atomic E-state index is -0.697. The lowest BCUT2D eigenvalue weighted by molar-refractivity contribution is -0.110. The lowest BCUT2D eigenvalue weighted by Gasteiger charge is -2.06. The number of rotatable bonds is 2. The molecule has 5 heteroatoms. The van der Waals surface area contributed by atoms with Crippen molar-refractivity contribution < 1.29 is 18.3 Å². The Morgan fingerprint density at radius 1 is 1.50 bits per heavy atom. The Balaban J connectivity index is 2.43. The highest BCUT2D eigenvalue weighted by Crippen LogP contribution is 2.34. The van der Waals surface area contributed by atoms with Crippen LogP contribution in [-0.2, 0) is 4.79 Å². The molecule has 1 unspecified atom stereocenters. The first-order valence-electron chi connectivity index (χ1n) is 4.04. The molecule has 3 nitrogen and oxygen atoms in total. The summed E-state index contributed by atoms with van der Waals surface area (Å²) in [6, 6.07) is 1.35. The number of nitrogens with one attached hydrogen (secondary N) is 1. The van der Waals surface area contributed by atoms with Crippen LogP contribution in [0.1, 0.15) is 11.6 Å². The second kappa shape index (κ2) is 3.25. The number of fused-ring (bicyclic) bond motifs is 1. The van der Waals surface area contributed by atoms with Crippen LogP contribution in [0.3, 0.4) is 0 Å².